The molecule has 0 heterocycles. The highest BCUT2D eigenvalue weighted by atomic mass is 16.5. The number of aryl methyl sites for hydroxylation is 1. The molecule has 0 aliphatic heterocycles. The highest BCUT2D eigenvalue weighted by Gasteiger charge is 2.13. The Bertz CT molecular complexity index is 596. The zero-order valence-electron chi connectivity index (χ0n) is 13.1. The number of benzene rings is 2. The van der Waals surface area contributed by atoms with Crippen LogP contribution in [0.25, 0.3) is 0 Å². The second-order valence-corrected chi connectivity index (χ2v) is 5.20. The Kier molecular flexibility index (Phi) is 5.23. The topological polar surface area (TPSA) is 30.5 Å². The van der Waals surface area contributed by atoms with Crippen LogP contribution in [-0.2, 0) is 11.3 Å². The minimum Gasteiger partial charge on any atom is -0.496 e. The van der Waals surface area contributed by atoms with Gasteiger partial charge in [0.25, 0.3) is 0 Å². The first kappa shape index (κ1) is 15.4. The lowest BCUT2D eigenvalue weighted by molar-refractivity contribution is 0.185. The number of nitrogens with one attached hydrogen (secondary N) is 1. The maximum Gasteiger partial charge on any atom is 0.124 e. The molecule has 2 aromatic carbocycles. The molecule has 0 saturated heterocycles. The van der Waals surface area contributed by atoms with Crippen molar-refractivity contribution in [3.63, 3.8) is 0 Å². The van der Waals surface area contributed by atoms with Crippen LogP contribution in [0, 0.1) is 6.92 Å². The van der Waals surface area contributed by atoms with E-state index in [4.69, 9.17) is 9.47 Å². The maximum absolute atomic E-state index is 5.47. The predicted octanol–water partition coefficient (Wildman–Crippen LogP) is 4.32. The Morgan fingerprint density at radius 1 is 1.10 bits per heavy atom. The van der Waals surface area contributed by atoms with E-state index in [1.165, 1.54) is 5.56 Å². The smallest absolute Gasteiger partial charge is 0.124 e. The van der Waals surface area contributed by atoms with Gasteiger partial charge in [-0.1, -0.05) is 35.9 Å². The third-order valence-electron chi connectivity index (χ3n) is 3.54. The minimum atomic E-state index is 0.151. The van der Waals surface area contributed by atoms with Crippen molar-refractivity contribution < 1.29 is 9.47 Å². The number of anilines is 1. The number of methoxy groups -OCH3 is 2. The fraction of sp³-hybridized carbons (Fsp3) is 0.333. The van der Waals surface area contributed by atoms with E-state index in [2.05, 4.69) is 43.4 Å². The van der Waals surface area contributed by atoms with E-state index in [-0.39, 0.29) is 6.04 Å². The second kappa shape index (κ2) is 7.14. The monoisotopic (exact) mass is 285 g/mol. The normalized spacial score (nSPS) is 12.0. The van der Waals surface area contributed by atoms with Crippen molar-refractivity contribution in [2.75, 3.05) is 19.5 Å². The molecule has 3 heteroatoms. The van der Waals surface area contributed by atoms with Crippen LogP contribution in [0.2, 0.25) is 0 Å². The van der Waals surface area contributed by atoms with Gasteiger partial charge < -0.3 is 14.8 Å². The Labute approximate surface area is 126 Å². The summed E-state index contributed by atoms with van der Waals surface area (Å²) in [6, 6.07) is 14.6. The van der Waals surface area contributed by atoms with E-state index >= 15 is 0 Å². The van der Waals surface area contributed by atoms with Gasteiger partial charge in [0.15, 0.2) is 0 Å². The molecule has 0 saturated carbocycles. The summed E-state index contributed by atoms with van der Waals surface area (Å²) in [5, 5.41) is 3.55. The van der Waals surface area contributed by atoms with Crippen molar-refractivity contribution >= 4 is 5.69 Å². The van der Waals surface area contributed by atoms with Gasteiger partial charge in [0.1, 0.15) is 5.75 Å². The molecule has 1 N–H and O–H groups in total. The first-order valence-electron chi connectivity index (χ1n) is 7.13. The third-order valence-corrected chi connectivity index (χ3v) is 3.54. The number of rotatable bonds is 6. The minimum absolute atomic E-state index is 0.151. The van der Waals surface area contributed by atoms with Gasteiger partial charge in [-0.25, -0.2) is 0 Å². The Morgan fingerprint density at radius 2 is 1.86 bits per heavy atom. The molecule has 0 aliphatic rings. The molecule has 0 aromatic heterocycles. The fourth-order valence-corrected chi connectivity index (χ4v) is 2.45. The molecule has 21 heavy (non-hydrogen) atoms. The highest BCUT2D eigenvalue weighted by Crippen LogP contribution is 2.29. The standard InChI is InChI=1S/C18H23NO2/c1-13-9-10-18(21-4)16(11-13)14(2)19-17-8-6-5-7-15(17)12-20-3/h5-11,14,19H,12H2,1-4H3. The summed E-state index contributed by atoms with van der Waals surface area (Å²) in [6.45, 7) is 4.83. The van der Waals surface area contributed by atoms with Gasteiger partial charge >= 0.3 is 0 Å². The Hall–Kier alpha value is -2.00. The zero-order chi connectivity index (χ0) is 15.2. The van der Waals surface area contributed by atoms with Crippen molar-refractivity contribution in [3.8, 4) is 5.75 Å². The summed E-state index contributed by atoms with van der Waals surface area (Å²) in [4.78, 5) is 0. The van der Waals surface area contributed by atoms with Gasteiger partial charge in [0.05, 0.1) is 19.8 Å². The number of hydrogen-bond donors (Lipinski definition) is 1. The molecule has 0 fully saturated rings. The lowest BCUT2D eigenvalue weighted by atomic mass is 10.0. The average Bonchev–Trinajstić information content (AvgIpc) is 2.49. The van der Waals surface area contributed by atoms with Crippen LogP contribution in [-0.4, -0.2) is 14.2 Å². The first-order valence-corrected chi connectivity index (χ1v) is 7.13. The van der Waals surface area contributed by atoms with Gasteiger partial charge in [-0.05, 0) is 26.0 Å². The summed E-state index contributed by atoms with van der Waals surface area (Å²) >= 11 is 0. The largest absolute Gasteiger partial charge is 0.496 e. The quantitative estimate of drug-likeness (QED) is 0.857. The summed E-state index contributed by atoms with van der Waals surface area (Å²) < 4.78 is 10.7. The summed E-state index contributed by atoms with van der Waals surface area (Å²) in [5.74, 6) is 0.907. The second-order valence-electron chi connectivity index (χ2n) is 5.20. The van der Waals surface area contributed by atoms with Gasteiger partial charge in [-0.2, -0.15) is 0 Å². The van der Waals surface area contributed by atoms with Crippen LogP contribution >= 0.6 is 0 Å². The molecule has 112 valence electrons. The van der Waals surface area contributed by atoms with Crippen molar-refractivity contribution in [1.29, 1.82) is 0 Å². The molecular formula is C18H23NO2. The van der Waals surface area contributed by atoms with Crippen LogP contribution in [0.5, 0.6) is 5.75 Å². The Morgan fingerprint density at radius 3 is 2.57 bits per heavy atom. The molecular weight excluding hydrogens is 262 g/mol. The van der Waals surface area contributed by atoms with Crippen LogP contribution in [0.1, 0.15) is 29.7 Å². The molecule has 2 aromatic rings. The lowest BCUT2D eigenvalue weighted by Gasteiger charge is -2.21. The van der Waals surface area contributed by atoms with Crippen molar-refractivity contribution in [1.82, 2.24) is 0 Å². The van der Waals surface area contributed by atoms with Crippen LogP contribution < -0.4 is 10.1 Å². The lowest BCUT2D eigenvalue weighted by Crippen LogP contribution is -2.10. The predicted molar refractivity (Wildman–Crippen MR) is 86.9 cm³/mol. The zero-order valence-corrected chi connectivity index (χ0v) is 13.1. The molecule has 1 unspecified atom stereocenters. The van der Waals surface area contributed by atoms with Crippen LogP contribution in [0.15, 0.2) is 42.5 Å². The van der Waals surface area contributed by atoms with E-state index in [9.17, 15) is 0 Å². The Balaban J connectivity index is 2.26. The van der Waals surface area contributed by atoms with E-state index < -0.39 is 0 Å². The molecule has 0 bridgehead atoms. The van der Waals surface area contributed by atoms with E-state index in [1.807, 2.05) is 18.2 Å². The van der Waals surface area contributed by atoms with Gasteiger partial charge in [-0.15, -0.1) is 0 Å². The fourth-order valence-electron chi connectivity index (χ4n) is 2.45. The molecule has 2 rings (SSSR count). The molecule has 0 aliphatic carbocycles. The van der Waals surface area contributed by atoms with E-state index in [0.717, 1.165) is 22.6 Å². The summed E-state index contributed by atoms with van der Waals surface area (Å²) in [6.07, 6.45) is 0. The van der Waals surface area contributed by atoms with E-state index in [1.54, 1.807) is 14.2 Å². The molecule has 3 nitrogen and oxygen atoms in total. The number of para-hydroxylation sites is 1. The summed E-state index contributed by atoms with van der Waals surface area (Å²) in [7, 11) is 3.42. The van der Waals surface area contributed by atoms with Crippen molar-refractivity contribution in [2.24, 2.45) is 0 Å². The number of hydrogen-bond acceptors (Lipinski definition) is 3. The van der Waals surface area contributed by atoms with Gasteiger partial charge in [0, 0.05) is 23.9 Å². The maximum atomic E-state index is 5.47. The van der Waals surface area contributed by atoms with Crippen LogP contribution in [0.4, 0.5) is 5.69 Å². The molecule has 1 atom stereocenters. The molecule has 0 spiro atoms. The first-order chi connectivity index (χ1) is 10.2. The SMILES string of the molecule is COCc1ccccc1NC(C)c1cc(C)ccc1OC. The molecule has 0 amide bonds. The van der Waals surface area contributed by atoms with Crippen molar-refractivity contribution in [2.45, 2.75) is 26.5 Å². The van der Waals surface area contributed by atoms with Crippen LogP contribution in [0.3, 0.4) is 0 Å². The number of ether oxygens (including phenoxy) is 2. The highest BCUT2D eigenvalue weighted by molar-refractivity contribution is 5.53. The van der Waals surface area contributed by atoms with Crippen molar-refractivity contribution in [3.05, 3.63) is 59.2 Å². The molecule has 0 radical (unpaired) electrons. The average molecular weight is 285 g/mol. The van der Waals surface area contributed by atoms with E-state index in [0.29, 0.717) is 6.61 Å². The van der Waals surface area contributed by atoms with Gasteiger partial charge in [-0.3, -0.25) is 0 Å². The third kappa shape index (κ3) is 3.76. The van der Waals surface area contributed by atoms with Gasteiger partial charge in [0.2, 0.25) is 0 Å². The summed E-state index contributed by atoms with van der Waals surface area (Å²) in [5.41, 5.74) is 4.63.